The van der Waals surface area contributed by atoms with Crippen molar-refractivity contribution in [1.82, 2.24) is 24.5 Å². The Labute approximate surface area is 208 Å². The van der Waals surface area contributed by atoms with Crippen LogP contribution in [0.2, 0.25) is 0 Å². The summed E-state index contributed by atoms with van der Waals surface area (Å²) in [6.45, 7) is 3.41. The van der Waals surface area contributed by atoms with Crippen molar-refractivity contribution in [3.8, 4) is 11.3 Å². The summed E-state index contributed by atoms with van der Waals surface area (Å²) in [5, 5.41) is 15.1. The Balaban J connectivity index is 1.29. The molecular weight excluding hydrogens is 448 g/mol. The van der Waals surface area contributed by atoms with Gasteiger partial charge in [0.1, 0.15) is 0 Å². The molecule has 6 rings (SSSR count). The molecule has 0 aliphatic heterocycles. The summed E-state index contributed by atoms with van der Waals surface area (Å²) < 4.78 is 3.68. The van der Waals surface area contributed by atoms with E-state index in [-0.39, 0.29) is 5.91 Å². The highest BCUT2D eigenvalue weighted by atomic mass is 16.1. The predicted molar refractivity (Wildman–Crippen MR) is 142 cm³/mol. The lowest BCUT2D eigenvalue weighted by Crippen LogP contribution is -2.14. The number of fused-ring (bicyclic) bond motifs is 2. The molecule has 0 spiro atoms. The summed E-state index contributed by atoms with van der Waals surface area (Å²) >= 11 is 0. The van der Waals surface area contributed by atoms with Crippen molar-refractivity contribution in [2.75, 3.05) is 5.32 Å². The van der Waals surface area contributed by atoms with Crippen molar-refractivity contribution < 1.29 is 4.79 Å². The quantitative estimate of drug-likeness (QED) is 0.334. The van der Waals surface area contributed by atoms with E-state index in [1.165, 1.54) is 16.3 Å². The summed E-state index contributed by atoms with van der Waals surface area (Å²) in [4.78, 5) is 18.2. The summed E-state index contributed by atoms with van der Waals surface area (Å²) in [5.74, 6) is 0.273. The van der Waals surface area contributed by atoms with Gasteiger partial charge in [0, 0.05) is 36.0 Å². The fourth-order valence-corrected chi connectivity index (χ4v) is 4.48. The number of para-hydroxylation sites is 1. The first-order chi connectivity index (χ1) is 17.7. The molecule has 0 saturated heterocycles. The fraction of sp³-hybridized carbons (Fsp3) is 0.103. The minimum Gasteiger partial charge on any atom is -0.305 e. The Kier molecular flexibility index (Phi) is 5.50. The molecule has 6 aromatic rings. The van der Waals surface area contributed by atoms with E-state index in [0.717, 1.165) is 23.0 Å². The maximum Gasteiger partial charge on any atom is 0.257 e. The summed E-state index contributed by atoms with van der Waals surface area (Å²) in [5.41, 5.74) is 4.05. The number of hydrogen-bond donors (Lipinski definition) is 1. The van der Waals surface area contributed by atoms with Crippen LogP contribution >= 0.6 is 0 Å². The minimum absolute atomic E-state index is 0.229. The number of nitrogens with one attached hydrogen (secondary N) is 1. The summed E-state index contributed by atoms with van der Waals surface area (Å²) in [7, 11) is 0. The molecule has 0 atom stereocenters. The molecule has 7 nitrogen and oxygen atoms in total. The van der Waals surface area contributed by atoms with Gasteiger partial charge in [-0.15, -0.1) is 0 Å². The minimum atomic E-state index is -0.229. The van der Waals surface area contributed by atoms with Gasteiger partial charge in [-0.05, 0) is 35.4 Å². The SMILES string of the molecule is CCn1cc(-c2cc(C(=O)Nc3ccn(Cc4cccc5ccccc45)n3)c3ccccc3n2)cn1. The molecule has 3 aromatic carbocycles. The maximum atomic E-state index is 13.4. The Hall–Kier alpha value is -4.78. The van der Waals surface area contributed by atoms with Gasteiger partial charge in [0.05, 0.1) is 29.5 Å². The van der Waals surface area contributed by atoms with Gasteiger partial charge in [-0.2, -0.15) is 10.2 Å². The predicted octanol–water partition coefficient (Wildman–Crippen LogP) is 5.77. The monoisotopic (exact) mass is 472 g/mol. The molecule has 0 bridgehead atoms. The van der Waals surface area contributed by atoms with Crippen LogP contribution in [0.3, 0.4) is 0 Å². The van der Waals surface area contributed by atoms with Gasteiger partial charge in [0.2, 0.25) is 0 Å². The van der Waals surface area contributed by atoms with Gasteiger partial charge < -0.3 is 5.32 Å². The number of anilines is 1. The fourth-order valence-electron chi connectivity index (χ4n) is 4.48. The van der Waals surface area contributed by atoms with E-state index in [1.54, 1.807) is 6.20 Å². The third-order valence-electron chi connectivity index (χ3n) is 6.31. The van der Waals surface area contributed by atoms with Gasteiger partial charge in [-0.25, -0.2) is 4.98 Å². The van der Waals surface area contributed by atoms with Gasteiger partial charge in [-0.3, -0.25) is 14.2 Å². The summed E-state index contributed by atoms with van der Waals surface area (Å²) in [6.07, 6.45) is 5.59. The highest BCUT2D eigenvalue weighted by molar-refractivity contribution is 6.12. The number of benzene rings is 3. The van der Waals surface area contributed by atoms with Crippen molar-refractivity contribution in [1.29, 1.82) is 0 Å². The van der Waals surface area contributed by atoms with Crippen LogP contribution in [0, 0.1) is 0 Å². The van der Waals surface area contributed by atoms with Gasteiger partial charge in [0.15, 0.2) is 5.82 Å². The van der Waals surface area contributed by atoms with E-state index in [2.05, 4.69) is 45.8 Å². The number of rotatable bonds is 6. The molecule has 0 aliphatic rings. The standard InChI is InChI=1S/C29H24N6O/c1-2-34-19-22(17-30-34)27-16-25(24-12-5-6-13-26(24)31-27)29(36)32-28-14-15-35(33-28)18-21-10-7-9-20-8-3-4-11-23(20)21/h3-17,19H,2,18H2,1H3,(H,32,33,36). The van der Waals surface area contributed by atoms with Crippen molar-refractivity contribution in [3.63, 3.8) is 0 Å². The van der Waals surface area contributed by atoms with E-state index >= 15 is 0 Å². The third-order valence-corrected chi connectivity index (χ3v) is 6.31. The zero-order chi connectivity index (χ0) is 24.5. The largest absolute Gasteiger partial charge is 0.305 e. The van der Waals surface area contributed by atoms with Crippen LogP contribution in [-0.2, 0) is 13.1 Å². The molecule has 36 heavy (non-hydrogen) atoms. The Morgan fingerprint density at radius 1 is 0.917 bits per heavy atom. The normalized spacial score (nSPS) is 11.2. The van der Waals surface area contributed by atoms with E-state index in [4.69, 9.17) is 4.98 Å². The second-order valence-electron chi connectivity index (χ2n) is 8.65. The number of hydrogen-bond acceptors (Lipinski definition) is 4. The lowest BCUT2D eigenvalue weighted by atomic mass is 10.0. The zero-order valence-corrected chi connectivity index (χ0v) is 19.8. The van der Waals surface area contributed by atoms with Crippen molar-refractivity contribution in [2.45, 2.75) is 20.0 Å². The average Bonchev–Trinajstić information content (AvgIpc) is 3.58. The average molecular weight is 473 g/mol. The molecular formula is C29H24N6O. The first-order valence-electron chi connectivity index (χ1n) is 11.9. The lowest BCUT2D eigenvalue weighted by Gasteiger charge is -2.09. The summed E-state index contributed by atoms with van der Waals surface area (Å²) in [6, 6.07) is 25.9. The topological polar surface area (TPSA) is 77.6 Å². The van der Waals surface area contributed by atoms with Crippen LogP contribution in [-0.4, -0.2) is 30.5 Å². The number of aryl methyl sites for hydroxylation is 1. The molecule has 0 fully saturated rings. The Bertz CT molecular complexity index is 1710. The van der Waals surface area contributed by atoms with Gasteiger partial charge in [-0.1, -0.05) is 60.7 Å². The maximum absolute atomic E-state index is 13.4. The lowest BCUT2D eigenvalue weighted by molar-refractivity contribution is 0.102. The highest BCUT2D eigenvalue weighted by Crippen LogP contribution is 2.26. The van der Waals surface area contributed by atoms with E-state index in [0.29, 0.717) is 23.6 Å². The molecule has 1 amide bonds. The molecule has 3 heterocycles. The van der Waals surface area contributed by atoms with Gasteiger partial charge in [0.25, 0.3) is 5.91 Å². The first kappa shape index (κ1) is 21.7. The smallest absolute Gasteiger partial charge is 0.257 e. The van der Waals surface area contributed by atoms with Crippen LogP contribution in [0.5, 0.6) is 0 Å². The molecule has 3 aromatic heterocycles. The zero-order valence-electron chi connectivity index (χ0n) is 19.8. The van der Waals surface area contributed by atoms with E-state index in [1.807, 2.05) is 77.2 Å². The van der Waals surface area contributed by atoms with Crippen LogP contribution in [0.25, 0.3) is 32.9 Å². The van der Waals surface area contributed by atoms with Crippen LogP contribution in [0.15, 0.2) is 97.5 Å². The Morgan fingerprint density at radius 2 is 1.72 bits per heavy atom. The second kappa shape index (κ2) is 9.11. The molecule has 176 valence electrons. The molecule has 0 unspecified atom stereocenters. The first-order valence-corrected chi connectivity index (χ1v) is 11.9. The number of amides is 1. The number of pyridine rings is 1. The molecule has 0 saturated carbocycles. The van der Waals surface area contributed by atoms with Crippen molar-refractivity contribution in [2.24, 2.45) is 0 Å². The third kappa shape index (κ3) is 4.11. The number of carbonyl (C=O) groups excluding carboxylic acids is 1. The van der Waals surface area contributed by atoms with Crippen molar-refractivity contribution >= 4 is 33.4 Å². The molecule has 1 N–H and O–H groups in total. The van der Waals surface area contributed by atoms with Crippen LogP contribution < -0.4 is 5.32 Å². The number of carbonyl (C=O) groups is 1. The van der Waals surface area contributed by atoms with E-state index in [9.17, 15) is 4.79 Å². The van der Waals surface area contributed by atoms with Gasteiger partial charge >= 0.3 is 0 Å². The number of nitrogens with zero attached hydrogens (tertiary/aromatic N) is 5. The molecule has 7 heteroatoms. The Morgan fingerprint density at radius 3 is 2.58 bits per heavy atom. The second-order valence-corrected chi connectivity index (χ2v) is 8.65. The number of aromatic nitrogens is 5. The molecule has 0 radical (unpaired) electrons. The van der Waals surface area contributed by atoms with Crippen molar-refractivity contribution in [3.05, 3.63) is 109 Å². The van der Waals surface area contributed by atoms with E-state index < -0.39 is 0 Å². The van der Waals surface area contributed by atoms with Crippen LogP contribution in [0.1, 0.15) is 22.8 Å². The highest BCUT2D eigenvalue weighted by Gasteiger charge is 2.16. The molecule has 0 aliphatic carbocycles. The van der Waals surface area contributed by atoms with Crippen LogP contribution in [0.4, 0.5) is 5.82 Å².